The fourth-order valence-corrected chi connectivity index (χ4v) is 3.92. The van der Waals surface area contributed by atoms with Gasteiger partial charge in [-0.05, 0) is 67.1 Å². The number of thioether (sulfide) groups is 1. The Morgan fingerprint density at radius 1 is 1.27 bits per heavy atom. The third-order valence-corrected chi connectivity index (χ3v) is 5.64. The van der Waals surface area contributed by atoms with Crippen molar-refractivity contribution < 1.29 is 14.3 Å². The molecule has 0 radical (unpaired) electrons. The number of aliphatic imine (C=N–C) groups is 1. The molecule has 1 aliphatic heterocycles. The zero-order valence-electron chi connectivity index (χ0n) is 16.3. The summed E-state index contributed by atoms with van der Waals surface area (Å²) in [6, 6.07) is 8.88. The van der Waals surface area contributed by atoms with Crippen LogP contribution in [0.3, 0.4) is 0 Å². The molecule has 0 spiro atoms. The highest BCUT2D eigenvalue weighted by Gasteiger charge is 2.24. The van der Waals surface area contributed by atoms with E-state index in [4.69, 9.17) is 39.1 Å². The molecule has 8 heteroatoms. The largest absolute Gasteiger partial charge is 0.490 e. The molecule has 2 aromatic carbocycles. The summed E-state index contributed by atoms with van der Waals surface area (Å²) in [5, 5.41) is 4.20. The topological polar surface area (TPSA) is 59.9 Å². The number of terminal acetylenes is 1. The molecule has 3 rings (SSSR count). The van der Waals surface area contributed by atoms with E-state index in [-0.39, 0.29) is 12.5 Å². The molecule has 1 heterocycles. The number of halogens is 2. The van der Waals surface area contributed by atoms with Crippen LogP contribution in [-0.4, -0.2) is 24.3 Å². The Balaban J connectivity index is 1.89. The zero-order valence-corrected chi connectivity index (χ0v) is 18.6. The van der Waals surface area contributed by atoms with Crippen molar-refractivity contribution in [3.63, 3.8) is 0 Å². The molecule has 0 bridgehead atoms. The molecule has 2 aromatic rings. The lowest BCUT2D eigenvalue weighted by Gasteiger charge is -2.13. The molecule has 0 atom stereocenters. The molecule has 0 aromatic heterocycles. The molecule has 0 aliphatic carbocycles. The molecule has 30 heavy (non-hydrogen) atoms. The van der Waals surface area contributed by atoms with Crippen LogP contribution in [0.5, 0.6) is 11.5 Å². The SMILES string of the molecule is C#CCOc1c(Cl)cc(/C=C2\SC(=Nc3cccc(Cl)c3C)NC2=O)cc1OCC. The summed E-state index contributed by atoms with van der Waals surface area (Å²) in [6.07, 6.45) is 6.97. The second-order valence-electron chi connectivity index (χ2n) is 6.12. The number of rotatable bonds is 6. The summed E-state index contributed by atoms with van der Waals surface area (Å²) in [5.41, 5.74) is 2.23. The minimum atomic E-state index is -0.250. The number of amides is 1. The van der Waals surface area contributed by atoms with Crippen molar-refractivity contribution in [2.24, 2.45) is 4.99 Å². The van der Waals surface area contributed by atoms with Crippen LogP contribution >= 0.6 is 35.0 Å². The molecule has 0 saturated carbocycles. The average molecular weight is 461 g/mol. The molecule has 1 saturated heterocycles. The number of hydrogen-bond donors (Lipinski definition) is 1. The van der Waals surface area contributed by atoms with E-state index < -0.39 is 0 Å². The van der Waals surface area contributed by atoms with Crippen LogP contribution in [0.2, 0.25) is 10.0 Å². The van der Waals surface area contributed by atoms with Gasteiger partial charge in [-0.25, -0.2) is 4.99 Å². The summed E-state index contributed by atoms with van der Waals surface area (Å²) >= 11 is 13.7. The number of ether oxygens (including phenoxy) is 2. The van der Waals surface area contributed by atoms with Crippen molar-refractivity contribution in [1.29, 1.82) is 0 Å². The van der Waals surface area contributed by atoms with Crippen LogP contribution in [0.1, 0.15) is 18.1 Å². The van der Waals surface area contributed by atoms with Crippen LogP contribution in [0, 0.1) is 19.3 Å². The van der Waals surface area contributed by atoms with Crippen LogP contribution < -0.4 is 14.8 Å². The Hall–Kier alpha value is -2.59. The molecular weight excluding hydrogens is 443 g/mol. The molecule has 5 nitrogen and oxygen atoms in total. The van der Waals surface area contributed by atoms with Gasteiger partial charge in [-0.1, -0.05) is 35.2 Å². The van der Waals surface area contributed by atoms with E-state index in [0.29, 0.717) is 49.5 Å². The van der Waals surface area contributed by atoms with Crippen LogP contribution in [0.4, 0.5) is 5.69 Å². The summed E-state index contributed by atoms with van der Waals surface area (Å²) in [4.78, 5) is 17.4. The lowest BCUT2D eigenvalue weighted by atomic mass is 10.2. The first-order chi connectivity index (χ1) is 14.4. The van der Waals surface area contributed by atoms with E-state index in [1.807, 2.05) is 26.0 Å². The molecule has 154 valence electrons. The fourth-order valence-electron chi connectivity index (χ4n) is 2.65. The number of benzene rings is 2. The first kappa shape index (κ1) is 22.1. The Labute approximate surface area is 189 Å². The van der Waals surface area contributed by atoms with Crippen LogP contribution in [0.15, 0.2) is 40.2 Å². The summed E-state index contributed by atoms with van der Waals surface area (Å²) in [7, 11) is 0. The quantitative estimate of drug-likeness (QED) is 0.449. The first-order valence-electron chi connectivity index (χ1n) is 9.00. The Morgan fingerprint density at radius 3 is 2.80 bits per heavy atom. The number of carbonyl (C=O) groups is 1. The van der Waals surface area contributed by atoms with Crippen LogP contribution in [0.25, 0.3) is 6.08 Å². The van der Waals surface area contributed by atoms with E-state index in [1.54, 1.807) is 24.3 Å². The van der Waals surface area contributed by atoms with E-state index in [9.17, 15) is 4.79 Å². The molecule has 1 amide bonds. The Bertz CT molecular complexity index is 1090. The van der Waals surface area contributed by atoms with Gasteiger partial charge in [0.05, 0.1) is 22.2 Å². The highest BCUT2D eigenvalue weighted by Crippen LogP contribution is 2.38. The van der Waals surface area contributed by atoms with Gasteiger partial charge in [-0.15, -0.1) is 6.42 Å². The maximum Gasteiger partial charge on any atom is 0.264 e. The normalized spacial score (nSPS) is 15.9. The standard InChI is InChI=1S/C22H18Cl2N2O3S/c1-4-9-29-20-16(24)10-14(11-18(20)28-5-2)12-19-21(27)26-22(30-19)25-17-8-6-7-15(23)13(17)3/h1,6-8,10-12H,5,9H2,2-3H3,(H,25,26,27)/b19-12-. The maximum atomic E-state index is 12.4. The summed E-state index contributed by atoms with van der Waals surface area (Å²) in [5.74, 6) is 2.98. The highest BCUT2D eigenvalue weighted by molar-refractivity contribution is 8.18. The second-order valence-corrected chi connectivity index (χ2v) is 7.97. The van der Waals surface area contributed by atoms with Crippen molar-refractivity contribution in [1.82, 2.24) is 5.32 Å². The van der Waals surface area contributed by atoms with Gasteiger partial charge < -0.3 is 14.8 Å². The lowest BCUT2D eigenvalue weighted by molar-refractivity contribution is -0.115. The van der Waals surface area contributed by atoms with E-state index >= 15 is 0 Å². The van der Waals surface area contributed by atoms with Gasteiger partial charge in [-0.3, -0.25) is 4.79 Å². The van der Waals surface area contributed by atoms with E-state index in [1.165, 1.54) is 11.8 Å². The van der Waals surface area contributed by atoms with Gasteiger partial charge in [0.2, 0.25) is 0 Å². The second kappa shape index (κ2) is 9.94. The van der Waals surface area contributed by atoms with Crippen molar-refractivity contribution in [2.75, 3.05) is 13.2 Å². The highest BCUT2D eigenvalue weighted by atomic mass is 35.5. The van der Waals surface area contributed by atoms with Gasteiger partial charge in [0.15, 0.2) is 16.7 Å². The third kappa shape index (κ3) is 5.11. The number of hydrogen-bond acceptors (Lipinski definition) is 5. The fraction of sp³-hybridized carbons (Fsp3) is 0.182. The molecular formula is C22H18Cl2N2O3S. The Kier molecular flexibility index (Phi) is 7.33. The first-order valence-corrected chi connectivity index (χ1v) is 10.6. The molecule has 0 unspecified atom stereocenters. The third-order valence-electron chi connectivity index (χ3n) is 4.04. The van der Waals surface area contributed by atoms with Crippen molar-refractivity contribution in [3.8, 4) is 23.8 Å². The zero-order chi connectivity index (χ0) is 21.7. The van der Waals surface area contributed by atoms with Gasteiger partial charge in [0.25, 0.3) is 5.91 Å². The average Bonchev–Trinajstić information content (AvgIpc) is 3.04. The van der Waals surface area contributed by atoms with Gasteiger partial charge >= 0.3 is 0 Å². The van der Waals surface area contributed by atoms with E-state index in [0.717, 1.165) is 5.56 Å². The molecule has 1 N–H and O–H groups in total. The van der Waals surface area contributed by atoms with Crippen molar-refractivity contribution in [2.45, 2.75) is 13.8 Å². The molecule has 1 aliphatic rings. The monoisotopic (exact) mass is 460 g/mol. The summed E-state index contributed by atoms with van der Waals surface area (Å²) in [6.45, 7) is 4.22. The lowest BCUT2D eigenvalue weighted by Crippen LogP contribution is -2.19. The van der Waals surface area contributed by atoms with Gasteiger partial charge in [0.1, 0.15) is 6.61 Å². The maximum absolute atomic E-state index is 12.4. The predicted octanol–water partition coefficient (Wildman–Crippen LogP) is 5.60. The summed E-state index contributed by atoms with van der Waals surface area (Å²) < 4.78 is 11.1. The molecule has 1 fully saturated rings. The van der Waals surface area contributed by atoms with Gasteiger partial charge in [-0.2, -0.15) is 0 Å². The number of nitrogens with zero attached hydrogens (tertiary/aromatic N) is 1. The smallest absolute Gasteiger partial charge is 0.264 e. The van der Waals surface area contributed by atoms with Crippen molar-refractivity contribution >= 4 is 57.8 Å². The van der Waals surface area contributed by atoms with Crippen LogP contribution in [-0.2, 0) is 4.79 Å². The number of nitrogens with one attached hydrogen (secondary N) is 1. The minimum Gasteiger partial charge on any atom is -0.490 e. The number of carbonyl (C=O) groups excluding carboxylic acids is 1. The number of amidine groups is 1. The predicted molar refractivity (Wildman–Crippen MR) is 124 cm³/mol. The Morgan fingerprint density at radius 2 is 2.07 bits per heavy atom. The minimum absolute atomic E-state index is 0.0707. The van der Waals surface area contributed by atoms with Gasteiger partial charge in [0, 0.05) is 5.02 Å². The van der Waals surface area contributed by atoms with E-state index in [2.05, 4.69) is 16.2 Å². The van der Waals surface area contributed by atoms with Crippen molar-refractivity contribution in [3.05, 3.63) is 56.4 Å².